The second-order valence-electron chi connectivity index (χ2n) is 6.52. The minimum atomic E-state index is -3.52. The van der Waals surface area contributed by atoms with E-state index in [4.69, 9.17) is 4.52 Å². The average molecular weight is 322 g/mol. The Balaban J connectivity index is 2.30. The molecular formula is C16H22N2O3S. The SMILES string of the molecule is Cc1ccccc1C(NS(=O)(=O)Cc1ccon1)C(C)(C)C. The molecule has 0 aliphatic heterocycles. The van der Waals surface area contributed by atoms with Crippen molar-refractivity contribution in [2.24, 2.45) is 5.41 Å². The molecule has 0 saturated carbocycles. The zero-order valence-electron chi connectivity index (χ0n) is 13.3. The van der Waals surface area contributed by atoms with Crippen molar-refractivity contribution < 1.29 is 12.9 Å². The van der Waals surface area contributed by atoms with Crippen molar-refractivity contribution in [3.8, 4) is 0 Å². The molecule has 0 fully saturated rings. The third kappa shape index (κ3) is 4.18. The Morgan fingerprint density at radius 3 is 2.45 bits per heavy atom. The molecule has 5 nitrogen and oxygen atoms in total. The third-order valence-electron chi connectivity index (χ3n) is 3.49. The molecule has 0 amide bonds. The molecule has 1 N–H and O–H groups in total. The molecule has 120 valence electrons. The second-order valence-corrected chi connectivity index (χ2v) is 8.28. The number of hydrogen-bond acceptors (Lipinski definition) is 4. The average Bonchev–Trinajstić information content (AvgIpc) is 2.88. The predicted molar refractivity (Wildman–Crippen MR) is 85.6 cm³/mol. The molecule has 1 unspecified atom stereocenters. The first-order chi connectivity index (χ1) is 10.2. The van der Waals surface area contributed by atoms with Gasteiger partial charge >= 0.3 is 0 Å². The van der Waals surface area contributed by atoms with E-state index in [2.05, 4.69) is 9.88 Å². The summed E-state index contributed by atoms with van der Waals surface area (Å²) in [6, 6.07) is 9.06. The Kier molecular flexibility index (Phi) is 4.72. The first-order valence-electron chi connectivity index (χ1n) is 7.14. The van der Waals surface area contributed by atoms with E-state index in [1.807, 2.05) is 52.0 Å². The van der Waals surface area contributed by atoms with Crippen molar-refractivity contribution in [2.75, 3.05) is 0 Å². The number of rotatable bonds is 5. The molecule has 1 heterocycles. The first kappa shape index (κ1) is 16.7. The monoisotopic (exact) mass is 322 g/mol. The highest BCUT2D eigenvalue weighted by Gasteiger charge is 2.31. The van der Waals surface area contributed by atoms with Crippen molar-refractivity contribution in [3.05, 3.63) is 53.4 Å². The molecule has 6 heteroatoms. The summed E-state index contributed by atoms with van der Waals surface area (Å²) in [5.74, 6) is -0.192. The van der Waals surface area contributed by atoms with Crippen LogP contribution >= 0.6 is 0 Å². The molecule has 0 bridgehead atoms. The van der Waals surface area contributed by atoms with Crippen LogP contribution in [0.4, 0.5) is 0 Å². The van der Waals surface area contributed by atoms with Gasteiger partial charge in [-0.05, 0) is 23.5 Å². The normalized spacial score (nSPS) is 14.0. The van der Waals surface area contributed by atoms with Gasteiger partial charge in [0.1, 0.15) is 12.0 Å². The molecule has 1 aromatic carbocycles. The molecule has 0 spiro atoms. The van der Waals surface area contributed by atoms with Crippen molar-refractivity contribution >= 4 is 10.0 Å². The van der Waals surface area contributed by atoms with Gasteiger partial charge in [0.05, 0.1) is 11.7 Å². The molecule has 2 aromatic rings. The third-order valence-corrected chi connectivity index (χ3v) is 4.76. The standard InChI is InChI=1S/C16H22N2O3S/c1-12-7-5-6-8-14(12)15(16(2,3)4)18-22(19,20)11-13-9-10-21-17-13/h5-10,15,18H,11H2,1-4H3. The van der Waals surface area contributed by atoms with Gasteiger partial charge in [-0.1, -0.05) is 50.2 Å². The number of aryl methyl sites for hydroxylation is 1. The summed E-state index contributed by atoms with van der Waals surface area (Å²) in [5.41, 5.74) is 2.18. The van der Waals surface area contributed by atoms with Gasteiger partial charge in [-0.2, -0.15) is 0 Å². The van der Waals surface area contributed by atoms with E-state index in [9.17, 15) is 8.42 Å². The van der Waals surface area contributed by atoms with Gasteiger partial charge in [-0.25, -0.2) is 13.1 Å². The fourth-order valence-corrected chi connectivity index (χ4v) is 3.81. The summed E-state index contributed by atoms with van der Waals surface area (Å²) in [7, 11) is -3.52. The highest BCUT2D eigenvalue weighted by Crippen LogP contribution is 2.35. The largest absolute Gasteiger partial charge is 0.364 e. The summed E-state index contributed by atoms with van der Waals surface area (Å²) in [5, 5.41) is 3.67. The first-order valence-corrected chi connectivity index (χ1v) is 8.79. The highest BCUT2D eigenvalue weighted by molar-refractivity contribution is 7.88. The van der Waals surface area contributed by atoms with Gasteiger partial charge < -0.3 is 4.52 Å². The van der Waals surface area contributed by atoms with Crippen LogP contribution in [0, 0.1) is 12.3 Å². The Labute approximate surface area is 131 Å². The number of sulfonamides is 1. The maximum atomic E-state index is 12.4. The van der Waals surface area contributed by atoms with E-state index in [0.29, 0.717) is 5.69 Å². The number of nitrogens with one attached hydrogen (secondary N) is 1. The molecule has 1 atom stereocenters. The number of benzene rings is 1. The lowest BCUT2D eigenvalue weighted by Crippen LogP contribution is -2.37. The summed E-state index contributed by atoms with van der Waals surface area (Å²) in [6.07, 6.45) is 1.37. The summed E-state index contributed by atoms with van der Waals surface area (Å²) in [4.78, 5) is 0. The Morgan fingerprint density at radius 1 is 1.23 bits per heavy atom. The van der Waals surface area contributed by atoms with Crippen LogP contribution in [0.15, 0.2) is 41.1 Å². The summed E-state index contributed by atoms with van der Waals surface area (Å²) < 4.78 is 32.4. The van der Waals surface area contributed by atoms with E-state index in [1.165, 1.54) is 6.26 Å². The Morgan fingerprint density at radius 2 is 1.91 bits per heavy atom. The number of hydrogen-bond donors (Lipinski definition) is 1. The van der Waals surface area contributed by atoms with Crippen LogP contribution in [0.2, 0.25) is 0 Å². The fourth-order valence-electron chi connectivity index (χ4n) is 2.35. The fraction of sp³-hybridized carbons (Fsp3) is 0.438. The van der Waals surface area contributed by atoms with Crippen LogP contribution < -0.4 is 4.72 Å². The van der Waals surface area contributed by atoms with Gasteiger partial charge in [-0.15, -0.1) is 0 Å². The molecule has 0 aliphatic carbocycles. The highest BCUT2D eigenvalue weighted by atomic mass is 32.2. The van der Waals surface area contributed by atoms with Crippen LogP contribution in [0.25, 0.3) is 0 Å². The van der Waals surface area contributed by atoms with Gasteiger partial charge in [0.25, 0.3) is 0 Å². The molecule has 0 saturated heterocycles. The van der Waals surface area contributed by atoms with E-state index in [-0.39, 0.29) is 17.2 Å². The topological polar surface area (TPSA) is 72.2 Å². The molecule has 22 heavy (non-hydrogen) atoms. The Hall–Kier alpha value is -1.66. The second kappa shape index (κ2) is 6.22. The van der Waals surface area contributed by atoms with Gasteiger partial charge in [0.15, 0.2) is 0 Å². The minimum absolute atomic E-state index is 0.192. The zero-order valence-corrected chi connectivity index (χ0v) is 14.1. The van der Waals surface area contributed by atoms with Crippen molar-refractivity contribution in [2.45, 2.75) is 39.5 Å². The lowest BCUT2D eigenvalue weighted by atomic mass is 9.81. The maximum Gasteiger partial charge on any atom is 0.218 e. The van der Waals surface area contributed by atoms with Crippen LogP contribution in [0.3, 0.4) is 0 Å². The maximum absolute atomic E-state index is 12.4. The van der Waals surface area contributed by atoms with Crippen LogP contribution in [-0.4, -0.2) is 13.6 Å². The quantitative estimate of drug-likeness (QED) is 0.917. The van der Waals surface area contributed by atoms with Gasteiger partial charge in [0, 0.05) is 6.07 Å². The summed E-state index contributed by atoms with van der Waals surface area (Å²) in [6.45, 7) is 8.04. The predicted octanol–water partition coefficient (Wildman–Crippen LogP) is 3.19. The lowest BCUT2D eigenvalue weighted by Gasteiger charge is -2.32. The van der Waals surface area contributed by atoms with E-state index in [0.717, 1.165) is 11.1 Å². The van der Waals surface area contributed by atoms with Crippen LogP contribution in [0.5, 0.6) is 0 Å². The number of nitrogens with zero attached hydrogens (tertiary/aromatic N) is 1. The lowest BCUT2D eigenvalue weighted by molar-refractivity contribution is 0.303. The molecule has 2 rings (SSSR count). The Bertz CT molecular complexity index is 716. The van der Waals surface area contributed by atoms with Crippen LogP contribution in [-0.2, 0) is 15.8 Å². The van der Waals surface area contributed by atoms with Gasteiger partial charge in [0.2, 0.25) is 10.0 Å². The molecule has 0 radical (unpaired) electrons. The number of aromatic nitrogens is 1. The summed E-state index contributed by atoms with van der Waals surface area (Å²) >= 11 is 0. The van der Waals surface area contributed by atoms with E-state index in [1.54, 1.807) is 6.07 Å². The van der Waals surface area contributed by atoms with Crippen molar-refractivity contribution in [3.63, 3.8) is 0 Å². The van der Waals surface area contributed by atoms with Gasteiger partial charge in [-0.3, -0.25) is 0 Å². The minimum Gasteiger partial charge on any atom is -0.364 e. The molecule has 0 aliphatic rings. The van der Waals surface area contributed by atoms with E-state index >= 15 is 0 Å². The zero-order chi connectivity index (χ0) is 16.4. The van der Waals surface area contributed by atoms with Crippen molar-refractivity contribution in [1.82, 2.24) is 9.88 Å². The van der Waals surface area contributed by atoms with Crippen LogP contribution in [0.1, 0.15) is 43.6 Å². The van der Waals surface area contributed by atoms with Crippen molar-refractivity contribution in [1.29, 1.82) is 0 Å². The smallest absolute Gasteiger partial charge is 0.218 e. The molecule has 1 aromatic heterocycles. The van der Waals surface area contributed by atoms with E-state index < -0.39 is 10.0 Å². The molecular weight excluding hydrogens is 300 g/mol.